The molecule has 0 aliphatic carbocycles. The summed E-state index contributed by atoms with van der Waals surface area (Å²) in [5, 5.41) is 54.7. The average Bonchev–Trinajstić information content (AvgIpc) is 3.60. The molecule has 0 saturated carbocycles. The monoisotopic (exact) mass is 1170 g/mol. The maximum atomic E-state index is 13.1. The molecular weight excluding hydrogens is 1030 g/mol. The lowest BCUT2D eigenvalue weighted by molar-refractivity contribution is -0.302. The third kappa shape index (κ3) is 51.6. The van der Waals surface area contributed by atoms with Gasteiger partial charge >= 0.3 is 0 Å². The molecule has 1 amide bonds. The number of allylic oxidation sites excluding steroid dienone is 9. The second kappa shape index (κ2) is 62.9. The highest BCUT2D eigenvalue weighted by molar-refractivity contribution is 5.76. The van der Waals surface area contributed by atoms with Crippen molar-refractivity contribution in [1.29, 1.82) is 0 Å². The van der Waals surface area contributed by atoms with Crippen molar-refractivity contribution in [3.8, 4) is 0 Å². The third-order valence-electron chi connectivity index (χ3n) is 17.1. The van der Waals surface area contributed by atoms with E-state index in [9.17, 15) is 30.3 Å². The van der Waals surface area contributed by atoms with Gasteiger partial charge in [0, 0.05) is 6.42 Å². The molecule has 1 aliphatic heterocycles. The molecule has 486 valence electrons. The van der Waals surface area contributed by atoms with Crippen molar-refractivity contribution in [2.45, 2.75) is 391 Å². The highest BCUT2D eigenvalue weighted by Crippen LogP contribution is 2.23. The molecule has 0 spiro atoms. The maximum absolute atomic E-state index is 13.1. The molecule has 1 fully saturated rings. The Kier molecular flexibility index (Phi) is 59.8. The standard InChI is InChI=1S/C74H137NO8/c1-3-5-7-9-11-13-15-17-19-21-23-25-26-27-28-29-30-31-32-33-34-35-36-37-38-39-40-41-42-44-46-48-50-52-54-56-58-60-62-64-70(78)75-67(66-82-74-73(81)72(80)71(79)69(65-76)83-74)68(77)63-61-59-57-55-53-51-49-47-45-43-24-22-20-18-16-14-12-10-8-6-4-2/h15,17,21,23,26-27,53,55,61,63,67-69,71-74,76-77,79-81H,3-14,16,18-20,22,24-25,28-52,54,56-60,62,64-66H2,1-2H3,(H,75,78)/b17-15-,23-21-,27-26-,55-53+,63-61+. The number of carbonyl (C=O) groups is 1. The molecule has 0 aromatic rings. The Morgan fingerprint density at radius 2 is 0.723 bits per heavy atom. The molecule has 1 heterocycles. The van der Waals surface area contributed by atoms with Crippen LogP contribution in [0.15, 0.2) is 60.8 Å². The summed E-state index contributed by atoms with van der Waals surface area (Å²) in [6, 6.07) is -0.823. The number of rotatable bonds is 63. The Balaban J connectivity index is 2.08. The third-order valence-corrected chi connectivity index (χ3v) is 17.1. The fraction of sp³-hybridized carbons (Fsp3) is 0.851. The average molecular weight is 1170 g/mol. The van der Waals surface area contributed by atoms with E-state index in [1.807, 2.05) is 6.08 Å². The normalized spacial score (nSPS) is 18.6. The molecule has 9 nitrogen and oxygen atoms in total. The van der Waals surface area contributed by atoms with Gasteiger partial charge in [-0.2, -0.15) is 0 Å². The van der Waals surface area contributed by atoms with Crippen molar-refractivity contribution < 1.29 is 39.8 Å². The van der Waals surface area contributed by atoms with Gasteiger partial charge in [0.15, 0.2) is 6.29 Å². The van der Waals surface area contributed by atoms with Gasteiger partial charge in [-0.1, -0.05) is 331 Å². The smallest absolute Gasteiger partial charge is 0.220 e. The van der Waals surface area contributed by atoms with E-state index in [1.54, 1.807) is 6.08 Å². The first-order valence-corrected chi connectivity index (χ1v) is 36.0. The minimum Gasteiger partial charge on any atom is -0.394 e. The first-order valence-electron chi connectivity index (χ1n) is 36.0. The summed E-state index contributed by atoms with van der Waals surface area (Å²) in [6.45, 7) is 3.79. The number of hydrogen-bond donors (Lipinski definition) is 6. The van der Waals surface area contributed by atoms with Crippen LogP contribution in [-0.4, -0.2) is 87.5 Å². The van der Waals surface area contributed by atoms with Crippen LogP contribution in [0.25, 0.3) is 0 Å². The minimum absolute atomic E-state index is 0.181. The molecule has 7 atom stereocenters. The SMILES string of the molecule is CCCCCCC/C=C\C/C=C\C/C=C\CCCCCCCCCCCCCCCCCCCCCCCCCCC(=O)NC(COC1OC(CO)C(O)C(O)C1O)C(O)/C=C/CC/C=C/CCCCCCCCCCCCCCCCC. The van der Waals surface area contributed by atoms with Gasteiger partial charge < -0.3 is 40.3 Å². The molecule has 1 rings (SSSR count). The van der Waals surface area contributed by atoms with E-state index >= 15 is 0 Å². The van der Waals surface area contributed by atoms with Crippen LogP contribution in [0.5, 0.6) is 0 Å². The van der Waals surface area contributed by atoms with E-state index in [0.717, 1.165) is 51.4 Å². The highest BCUT2D eigenvalue weighted by Gasteiger charge is 2.44. The van der Waals surface area contributed by atoms with Crippen LogP contribution in [0.4, 0.5) is 0 Å². The van der Waals surface area contributed by atoms with Crippen molar-refractivity contribution in [2.75, 3.05) is 13.2 Å². The van der Waals surface area contributed by atoms with Gasteiger partial charge in [0.1, 0.15) is 24.4 Å². The van der Waals surface area contributed by atoms with Crippen LogP contribution < -0.4 is 5.32 Å². The molecule has 7 unspecified atom stereocenters. The quantitative estimate of drug-likeness (QED) is 0.0261. The number of aliphatic hydroxyl groups is 5. The number of unbranched alkanes of at least 4 members (excludes halogenated alkanes) is 45. The number of amides is 1. The summed E-state index contributed by atoms with van der Waals surface area (Å²) < 4.78 is 11.3. The Bertz CT molecular complexity index is 1500. The second-order valence-corrected chi connectivity index (χ2v) is 25.0. The van der Waals surface area contributed by atoms with Gasteiger partial charge in [0.25, 0.3) is 0 Å². The van der Waals surface area contributed by atoms with Crippen LogP contribution in [0.1, 0.15) is 348 Å². The van der Waals surface area contributed by atoms with E-state index in [4.69, 9.17) is 9.47 Å². The number of nitrogens with one attached hydrogen (secondary N) is 1. The lowest BCUT2D eigenvalue weighted by atomic mass is 9.99. The summed E-state index contributed by atoms with van der Waals surface area (Å²) in [7, 11) is 0. The van der Waals surface area contributed by atoms with Crippen molar-refractivity contribution in [3.63, 3.8) is 0 Å². The predicted octanol–water partition coefficient (Wildman–Crippen LogP) is 19.8. The molecule has 83 heavy (non-hydrogen) atoms. The summed E-state index contributed by atoms with van der Waals surface area (Å²) in [4.78, 5) is 13.1. The van der Waals surface area contributed by atoms with Crippen molar-refractivity contribution in [3.05, 3.63) is 60.8 Å². The molecular formula is C74H137NO8. The van der Waals surface area contributed by atoms with E-state index in [1.165, 1.54) is 276 Å². The summed E-state index contributed by atoms with van der Waals surface area (Å²) >= 11 is 0. The highest BCUT2D eigenvalue weighted by atomic mass is 16.7. The number of hydrogen-bond acceptors (Lipinski definition) is 8. The van der Waals surface area contributed by atoms with Crippen LogP contribution in [0, 0.1) is 0 Å². The molecule has 0 aromatic heterocycles. The predicted molar refractivity (Wildman–Crippen MR) is 355 cm³/mol. The lowest BCUT2D eigenvalue weighted by Crippen LogP contribution is -2.60. The summed E-state index contributed by atoms with van der Waals surface area (Å²) in [6.07, 6.45) is 80.6. The van der Waals surface area contributed by atoms with Gasteiger partial charge in [-0.15, -0.1) is 0 Å². The zero-order valence-corrected chi connectivity index (χ0v) is 54.5. The maximum Gasteiger partial charge on any atom is 0.220 e. The molecule has 6 N–H and O–H groups in total. The Morgan fingerprint density at radius 3 is 1.10 bits per heavy atom. The van der Waals surface area contributed by atoms with Crippen molar-refractivity contribution in [2.24, 2.45) is 0 Å². The fourth-order valence-corrected chi connectivity index (χ4v) is 11.4. The van der Waals surface area contributed by atoms with Crippen molar-refractivity contribution in [1.82, 2.24) is 5.32 Å². The number of carbonyl (C=O) groups excluding carboxylic acids is 1. The van der Waals surface area contributed by atoms with E-state index in [0.29, 0.717) is 6.42 Å². The first kappa shape index (κ1) is 78.9. The van der Waals surface area contributed by atoms with Crippen molar-refractivity contribution >= 4 is 5.91 Å². The Hall–Kier alpha value is -2.11. The molecule has 0 bridgehead atoms. The zero-order chi connectivity index (χ0) is 60.0. The molecule has 1 aliphatic rings. The minimum atomic E-state index is -1.57. The number of aliphatic hydroxyl groups excluding tert-OH is 5. The topological polar surface area (TPSA) is 149 Å². The van der Waals surface area contributed by atoms with Gasteiger partial charge in [-0.3, -0.25) is 4.79 Å². The molecule has 0 aromatic carbocycles. The van der Waals surface area contributed by atoms with Gasteiger partial charge in [0.05, 0.1) is 25.4 Å². The summed E-state index contributed by atoms with van der Waals surface area (Å²) in [5.74, 6) is -0.181. The molecule has 9 heteroatoms. The Labute approximate surface area is 513 Å². The van der Waals surface area contributed by atoms with Gasteiger partial charge in [-0.05, 0) is 70.6 Å². The Morgan fingerprint density at radius 1 is 0.410 bits per heavy atom. The lowest BCUT2D eigenvalue weighted by Gasteiger charge is -2.40. The van der Waals surface area contributed by atoms with Gasteiger partial charge in [0.2, 0.25) is 5.91 Å². The van der Waals surface area contributed by atoms with E-state index in [2.05, 4.69) is 67.8 Å². The largest absolute Gasteiger partial charge is 0.394 e. The summed E-state index contributed by atoms with van der Waals surface area (Å²) in [5.41, 5.74) is 0. The first-order chi connectivity index (χ1) is 40.8. The van der Waals surface area contributed by atoms with E-state index < -0.39 is 49.5 Å². The van der Waals surface area contributed by atoms with Crippen LogP contribution in [0.3, 0.4) is 0 Å². The zero-order valence-electron chi connectivity index (χ0n) is 54.5. The fourth-order valence-electron chi connectivity index (χ4n) is 11.4. The molecule has 1 saturated heterocycles. The van der Waals surface area contributed by atoms with E-state index in [-0.39, 0.29) is 12.5 Å². The number of ether oxygens (including phenoxy) is 2. The van der Waals surface area contributed by atoms with Crippen LogP contribution >= 0.6 is 0 Å². The second-order valence-electron chi connectivity index (χ2n) is 25.0. The van der Waals surface area contributed by atoms with Gasteiger partial charge in [-0.25, -0.2) is 0 Å². The molecule has 0 radical (unpaired) electrons. The van der Waals surface area contributed by atoms with Crippen LogP contribution in [-0.2, 0) is 14.3 Å². The van der Waals surface area contributed by atoms with Crippen LogP contribution in [0.2, 0.25) is 0 Å².